The summed E-state index contributed by atoms with van der Waals surface area (Å²) in [4.78, 5) is 5.09. The zero-order chi connectivity index (χ0) is 35.7. The molecule has 0 fully saturated rings. The monoisotopic (exact) mass is 684 g/mol. The van der Waals surface area contributed by atoms with E-state index < -0.39 is 0 Å². The third-order valence-electron chi connectivity index (χ3n) is 10.6. The number of imidazole rings is 1. The van der Waals surface area contributed by atoms with Gasteiger partial charge in [-0.05, 0) is 91.1 Å². The Labute approximate surface area is 305 Å². The van der Waals surface area contributed by atoms with Crippen molar-refractivity contribution in [3.63, 3.8) is 0 Å². The number of pyridine rings is 1. The summed E-state index contributed by atoms with van der Waals surface area (Å²) >= 11 is 1.93. The molecule has 3 heterocycles. The van der Waals surface area contributed by atoms with Crippen LogP contribution in [0.25, 0.3) is 70.5 Å². The van der Waals surface area contributed by atoms with E-state index in [1.165, 1.54) is 92.8 Å². The number of rotatable bonds is 6. The van der Waals surface area contributed by atoms with Crippen molar-refractivity contribution in [1.29, 1.82) is 0 Å². The van der Waals surface area contributed by atoms with Crippen molar-refractivity contribution >= 4 is 42.5 Å². The van der Waals surface area contributed by atoms with Crippen LogP contribution in [0.2, 0.25) is 0 Å². The van der Waals surface area contributed by atoms with Crippen molar-refractivity contribution in [2.75, 3.05) is 0 Å². The molecule has 51 heavy (non-hydrogen) atoms. The first-order chi connectivity index (χ1) is 24.5. The van der Waals surface area contributed by atoms with Crippen molar-refractivity contribution in [3.05, 3.63) is 137 Å². The molecule has 254 valence electrons. The average Bonchev–Trinajstić information content (AvgIpc) is 3.63. The maximum absolute atomic E-state index is 5.09. The minimum atomic E-state index is 0.301. The van der Waals surface area contributed by atoms with Gasteiger partial charge in [-0.3, -0.25) is 4.98 Å². The summed E-state index contributed by atoms with van der Waals surface area (Å²) in [5.74, 6) is 1.81. The van der Waals surface area contributed by atoms with Gasteiger partial charge in [0.1, 0.15) is 5.69 Å². The molecule has 0 unspecified atom stereocenters. The van der Waals surface area contributed by atoms with Gasteiger partial charge in [-0.1, -0.05) is 107 Å². The molecule has 0 bridgehead atoms. The minimum absolute atomic E-state index is 0.301. The molecule has 0 saturated carbocycles. The summed E-state index contributed by atoms with van der Waals surface area (Å²) in [6, 6.07) is 38.1. The predicted octanol–water partition coefficient (Wildman–Crippen LogP) is 12.7. The number of benzene rings is 5. The van der Waals surface area contributed by atoms with Gasteiger partial charge in [-0.2, -0.15) is 4.57 Å². The first-order valence-electron chi connectivity index (χ1n) is 18.2. The van der Waals surface area contributed by atoms with Crippen LogP contribution in [0.4, 0.5) is 0 Å². The van der Waals surface area contributed by atoms with Gasteiger partial charge < -0.3 is 0 Å². The number of thiophene rings is 1. The van der Waals surface area contributed by atoms with E-state index >= 15 is 0 Å². The molecule has 0 atom stereocenters. The number of aromatic nitrogens is 3. The van der Waals surface area contributed by atoms with Crippen LogP contribution in [0, 0.1) is 27.7 Å². The number of aryl methyl sites for hydroxylation is 5. The van der Waals surface area contributed by atoms with Crippen molar-refractivity contribution < 1.29 is 4.57 Å². The Kier molecular flexibility index (Phi) is 8.19. The first-order valence-corrected chi connectivity index (χ1v) is 19.0. The van der Waals surface area contributed by atoms with Crippen LogP contribution in [-0.2, 0) is 7.05 Å². The molecule has 0 saturated heterocycles. The summed E-state index contributed by atoms with van der Waals surface area (Å²) in [5.41, 5.74) is 17.4. The lowest BCUT2D eigenvalue weighted by Crippen LogP contribution is -2.31. The quantitative estimate of drug-likeness (QED) is 0.160. The lowest BCUT2D eigenvalue weighted by atomic mass is 9.88. The molecule has 0 aliphatic heterocycles. The van der Waals surface area contributed by atoms with Crippen LogP contribution in [0.5, 0.6) is 0 Å². The number of nitrogens with zero attached hydrogens (tertiary/aromatic N) is 3. The standard InChI is InChI=1S/C47H46N3S/c1-27(2)38-24-36(34-18-14-11-15-19-34)25-39(28(3)4)45(38)50-44-32(8)48-31(7)23-40(44)49(9)47(50)43-30(6)22-29(5)42-37-21-20-35(26-41(37)51-46(42)43)33-16-12-10-13-17-33/h10-28H,1-9H3/q+1. The van der Waals surface area contributed by atoms with E-state index in [0.29, 0.717) is 11.8 Å². The Morgan fingerprint density at radius 3 is 1.86 bits per heavy atom. The molecule has 0 amide bonds. The second kappa shape index (κ2) is 12.6. The fraction of sp³-hybridized carbons (Fsp3) is 0.234. The van der Waals surface area contributed by atoms with Crippen molar-refractivity contribution in [3.8, 4) is 39.3 Å². The molecule has 0 spiro atoms. The fourth-order valence-corrected chi connectivity index (χ4v) is 9.63. The van der Waals surface area contributed by atoms with Gasteiger partial charge in [0.15, 0.2) is 5.52 Å². The molecular weight excluding hydrogens is 639 g/mol. The molecule has 8 aromatic rings. The van der Waals surface area contributed by atoms with E-state index in [-0.39, 0.29) is 0 Å². The van der Waals surface area contributed by atoms with Gasteiger partial charge in [-0.15, -0.1) is 11.3 Å². The maximum atomic E-state index is 5.09. The van der Waals surface area contributed by atoms with E-state index in [4.69, 9.17) is 4.98 Å². The van der Waals surface area contributed by atoms with E-state index in [9.17, 15) is 0 Å². The molecule has 8 rings (SSSR count). The van der Waals surface area contributed by atoms with E-state index in [2.05, 4.69) is 175 Å². The van der Waals surface area contributed by atoms with Crippen LogP contribution < -0.4 is 4.57 Å². The molecule has 3 nitrogen and oxygen atoms in total. The summed E-state index contributed by atoms with van der Waals surface area (Å²) < 4.78 is 7.69. The van der Waals surface area contributed by atoms with Crippen LogP contribution in [0.15, 0.2) is 103 Å². The summed E-state index contributed by atoms with van der Waals surface area (Å²) in [7, 11) is 2.25. The molecule has 0 radical (unpaired) electrons. The third-order valence-corrected chi connectivity index (χ3v) is 11.8. The van der Waals surface area contributed by atoms with Crippen LogP contribution in [0.1, 0.15) is 73.2 Å². The van der Waals surface area contributed by atoms with E-state index in [1.807, 2.05) is 11.3 Å². The molecular formula is C47H46N3S+. The SMILES string of the molecule is Cc1cc2c(c(C)n1)n(-c1c(C(C)C)cc(-c3ccccc3)cc1C(C)C)c(-c1c(C)cc(C)c3c1sc1cc(-c4ccccc4)ccc13)[n+]2C. The Morgan fingerprint density at radius 1 is 0.647 bits per heavy atom. The van der Waals surface area contributed by atoms with E-state index in [1.54, 1.807) is 0 Å². The van der Waals surface area contributed by atoms with Crippen LogP contribution >= 0.6 is 11.3 Å². The van der Waals surface area contributed by atoms with Crippen molar-refractivity contribution in [2.24, 2.45) is 7.05 Å². The van der Waals surface area contributed by atoms with Gasteiger partial charge in [0.05, 0.1) is 23.0 Å². The largest absolute Gasteiger partial charge is 0.296 e. The third kappa shape index (κ3) is 5.39. The second-order valence-corrected chi connectivity index (χ2v) is 15.9. The zero-order valence-corrected chi connectivity index (χ0v) is 32.0. The highest BCUT2D eigenvalue weighted by molar-refractivity contribution is 7.26. The molecule has 5 aromatic carbocycles. The average molecular weight is 685 g/mol. The highest BCUT2D eigenvalue weighted by atomic mass is 32.1. The summed E-state index contributed by atoms with van der Waals surface area (Å²) in [6.07, 6.45) is 0. The lowest BCUT2D eigenvalue weighted by molar-refractivity contribution is -0.633. The molecule has 0 aliphatic rings. The Balaban J connectivity index is 1.52. The molecule has 0 N–H and O–H groups in total. The van der Waals surface area contributed by atoms with Crippen LogP contribution in [0.3, 0.4) is 0 Å². The Morgan fingerprint density at radius 2 is 1.25 bits per heavy atom. The van der Waals surface area contributed by atoms with Gasteiger partial charge >= 0.3 is 0 Å². The minimum Gasteiger partial charge on any atom is -0.254 e. The predicted molar refractivity (Wildman–Crippen MR) is 219 cm³/mol. The summed E-state index contributed by atoms with van der Waals surface area (Å²) in [6.45, 7) is 18.2. The second-order valence-electron chi connectivity index (χ2n) is 14.9. The normalized spacial score (nSPS) is 12.0. The Hall–Kier alpha value is -5.06. The molecule has 0 aliphatic carbocycles. The van der Waals surface area contributed by atoms with Gasteiger partial charge in [-0.25, -0.2) is 4.57 Å². The van der Waals surface area contributed by atoms with Crippen LogP contribution in [-0.4, -0.2) is 9.55 Å². The number of hydrogen-bond donors (Lipinski definition) is 0. The smallest absolute Gasteiger partial charge is 0.254 e. The number of fused-ring (bicyclic) bond motifs is 4. The highest BCUT2D eigenvalue weighted by Crippen LogP contribution is 2.46. The van der Waals surface area contributed by atoms with Gasteiger partial charge in [0, 0.05) is 38.4 Å². The van der Waals surface area contributed by atoms with Gasteiger partial charge in [0.25, 0.3) is 5.82 Å². The highest BCUT2D eigenvalue weighted by Gasteiger charge is 2.35. The molecule has 3 aromatic heterocycles. The fourth-order valence-electron chi connectivity index (χ4n) is 8.22. The Bertz CT molecular complexity index is 2590. The van der Waals surface area contributed by atoms with Gasteiger partial charge in [0.2, 0.25) is 5.52 Å². The zero-order valence-electron chi connectivity index (χ0n) is 31.2. The topological polar surface area (TPSA) is 21.7 Å². The first kappa shape index (κ1) is 33.1. The van der Waals surface area contributed by atoms with Crippen molar-refractivity contribution in [2.45, 2.75) is 67.2 Å². The van der Waals surface area contributed by atoms with Crippen molar-refractivity contribution in [1.82, 2.24) is 9.55 Å². The summed E-state index contributed by atoms with van der Waals surface area (Å²) in [5, 5.41) is 2.68. The number of hydrogen-bond acceptors (Lipinski definition) is 2. The maximum Gasteiger partial charge on any atom is 0.296 e. The molecule has 4 heteroatoms. The lowest BCUT2D eigenvalue weighted by Gasteiger charge is -2.21. The van der Waals surface area contributed by atoms with E-state index in [0.717, 1.165) is 11.4 Å².